The Morgan fingerprint density at radius 3 is 2.54 bits per heavy atom. The van der Waals surface area contributed by atoms with Crippen molar-refractivity contribution in [2.75, 3.05) is 25.6 Å². The highest BCUT2D eigenvalue weighted by Crippen LogP contribution is 2.28. The minimum absolute atomic E-state index is 0.0877. The van der Waals surface area contributed by atoms with E-state index in [9.17, 15) is 14.4 Å². The summed E-state index contributed by atoms with van der Waals surface area (Å²) in [4.78, 5) is 38.7. The lowest BCUT2D eigenvalue weighted by atomic mass is 10.2. The number of rotatable bonds is 8. The Kier molecular flexibility index (Phi) is 7.42. The normalized spacial score (nSPS) is 10.1. The van der Waals surface area contributed by atoms with Crippen LogP contribution in [0.25, 0.3) is 0 Å². The highest BCUT2D eigenvalue weighted by atomic mass is 35.5. The lowest BCUT2D eigenvalue weighted by molar-refractivity contribution is -0.120. The number of benzene rings is 1. The van der Waals surface area contributed by atoms with Crippen LogP contribution in [-0.2, 0) is 14.3 Å². The molecule has 9 nitrogen and oxygen atoms in total. The molecule has 1 heterocycles. The van der Waals surface area contributed by atoms with Crippen molar-refractivity contribution in [1.29, 1.82) is 0 Å². The quantitative estimate of drug-likeness (QED) is 0.616. The second-order valence-corrected chi connectivity index (χ2v) is 6.07. The van der Waals surface area contributed by atoms with Gasteiger partial charge in [-0.25, -0.2) is 9.78 Å². The van der Waals surface area contributed by atoms with Crippen molar-refractivity contribution in [2.45, 2.75) is 0 Å². The van der Waals surface area contributed by atoms with E-state index in [-0.39, 0.29) is 34.5 Å². The van der Waals surface area contributed by atoms with E-state index >= 15 is 0 Å². The molecule has 1 aromatic carbocycles. The molecule has 2 amide bonds. The summed E-state index contributed by atoms with van der Waals surface area (Å²) in [6.07, 6.45) is 1.31. The van der Waals surface area contributed by atoms with Gasteiger partial charge in [0.2, 0.25) is 0 Å². The first-order chi connectivity index (χ1) is 13.3. The van der Waals surface area contributed by atoms with Crippen molar-refractivity contribution in [2.24, 2.45) is 5.73 Å². The first-order valence-corrected chi connectivity index (χ1v) is 8.43. The maximum absolute atomic E-state index is 12.1. The third kappa shape index (κ3) is 6.00. The second-order valence-electron chi connectivity index (χ2n) is 5.23. The molecule has 0 saturated carbocycles. The van der Waals surface area contributed by atoms with Gasteiger partial charge < -0.3 is 25.3 Å². The summed E-state index contributed by atoms with van der Waals surface area (Å²) < 4.78 is 15.2. The van der Waals surface area contributed by atoms with Gasteiger partial charge in [0.1, 0.15) is 0 Å². The molecule has 0 bridgehead atoms. The standard InChI is InChI=1S/C17H15Cl2N3O6/c1-26-13-4-9(2-3-12(13)27-7-14(20)23)17(25)28-8-15(24)22-16-11(19)5-10(18)6-21-16/h2-6H,7-8H2,1H3,(H2,20,23)(H,21,22,24). The van der Waals surface area contributed by atoms with Crippen molar-refractivity contribution in [3.63, 3.8) is 0 Å². The van der Waals surface area contributed by atoms with Gasteiger partial charge in [-0.05, 0) is 24.3 Å². The number of esters is 1. The molecule has 2 aromatic rings. The molecule has 3 N–H and O–H groups in total. The van der Waals surface area contributed by atoms with Gasteiger partial charge >= 0.3 is 5.97 Å². The Bertz CT molecular complexity index is 906. The summed E-state index contributed by atoms with van der Waals surface area (Å²) in [6.45, 7) is -0.913. The number of pyridine rings is 1. The molecule has 0 fully saturated rings. The number of anilines is 1. The van der Waals surface area contributed by atoms with Gasteiger partial charge in [-0.2, -0.15) is 0 Å². The molecular formula is C17H15Cl2N3O6. The average Bonchev–Trinajstić information content (AvgIpc) is 2.66. The van der Waals surface area contributed by atoms with Gasteiger partial charge in [-0.15, -0.1) is 0 Å². The summed E-state index contributed by atoms with van der Waals surface area (Å²) in [5.74, 6) is -1.57. The van der Waals surface area contributed by atoms with Crippen LogP contribution in [0.5, 0.6) is 11.5 Å². The summed E-state index contributed by atoms with van der Waals surface area (Å²) in [7, 11) is 1.36. The van der Waals surface area contributed by atoms with Crippen molar-refractivity contribution in [3.05, 3.63) is 46.1 Å². The van der Waals surface area contributed by atoms with E-state index in [0.29, 0.717) is 5.02 Å². The first kappa shape index (κ1) is 21.3. The topological polar surface area (TPSA) is 130 Å². The van der Waals surface area contributed by atoms with Gasteiger partial charge in [-0.3, -0.25) is 9.59 Å². The van der Waals surface area contributed by atoms with E-state index in [0.717, 1.165) is 0 Å². The fraction of sp³-hybridized carbons (Fsp3) is 0.176. The highest BCUT2D eigenvalue weighted by molar-refractivity contribution is 6.36. The number of nitrogens with one attached hydrogen (secondary N) is 1. The zero-order valence-corrected chi connectivity index (χ0v) is 16.0. The van der Waals surface area contributed by atoms with Crippen molar-refractivity contribution < 1.29 is 28.6 Å². The second kappa shape index (κ2) is 9.77. The van der Waals surface area contributed by atoms with Crippen molar-refractivity contribution in [3.8, 4) is 11.5 Å². The third-order valence-electron chi connectivity index (χ3n) is 3.17. The van der Waals surface area contributed by atoms with Gasteiger partial charge in [0, 0.05) is 6.20 Å². The molecule has 0 atom stereocenters. The van der Waals surface area contributed by atoms with Gasteiger partial charge in [0.15, 0.2) is 30.5 Å². The summed E-state index contributed by atoms with van der Waals surface area (Å²) in [5.41, 5.74) is 5.12. The fourth-order valence-electron chi connectivity index (χ4n) is 1.95. The zero-order chi connectivity index (χ0) is 20.7. The molecule has 1 aromatic heterocycles. The molecule has 11 heteroatoms. The van der Waals surface area contributed by atoms with E-state index < -0.39 is 24.4 Å². The Labute approximate surface area is 169 Å². The Morgan fingerprint density at radius 1 is 1.14 bits per heavy atom. The predicted octanol–water partition coefficient (Wildman–Crippen LogP) is 2.06. The minimum Gasteiger partial charge on any atom is -0.493 e. The van der Waals surface area contributed by atoms with Crippen LogP contribution in [0.3, 0.4) is 0 Å². The largest absolute Gasteiger partial charge is 0.493 e. The molecule has 148 valence electrons. The number of carbonyl (C=O) groups is 3. The highest BCUT2D eigenvalue weighted by Gasteiger charge is 2.15. The Hall–Kier alpha value is -3.04. The maximum Gasteiger partial charge on any atom is 0.338 e. The first-order valence-electron chi connectivity index (χ1n) is 7.67. The number of aromatic nitrogens is 1. The summed E-state index contributed by atoms with van der Waals surface area (Å²) >= 11 is 11.6. The van der Waals surface area contributed by atoms with E-state index in [1.54, 1.807) is 0 Å². The van der Waals surface area contributed by atoms with Gasteiger partial charge in [0.25, 0.3) is 11.8 Å². The van der Waals surface area contributed by atoms with E-state index in [2.05, 4.69) is 10.3 Å². The van der Waals surface area contributed by atoms with E-state index in [4.69, 9.17) is 43.1 Å². The monoisotopic (exact) mass is 427 g/mol. The van der Waals surface area contributed by atoms with Crippen LogP contribution in [0.15, 0.2) is 30.5 Å². The molecular weight excluding hydrogens is 413 g/mol. The van der Waals surface area contributed by atoms with Crippen LogP contribution < -0.4 is 20.5 Å². The van der Waals surface area contributed by atoms with Crippen LogP contribution in [0.4, 0.5) is 5.82 Å². The Morgan fingerprint density at radius 2 is 1.89 bits per heavy atom. The lowest BCUT2D eigenvalue weighted by Gasteiger charge is -2.11. The van der Waals surface area contributed by atoms with Crippen molar-refractivity contribution in [1.82, 2.24) is 4.98 Å². The van der Waals surface area contributed by atoms with Crippen molar-refractivity contribution >= 4 is 46.8 Å². The minimum atomic E-state index is -0.773. The average molecular weight is 428 g/mol. The number of primary amides is 1. The number of amides is 2. The van der Waals surface area contributed by atoms with Crippen LogP contribution in [0, 0.1) is 0 Å². The molecule has 0 aliphatic rings. The molecule has 0 saturated heterocycles. The van der Waals surface area contributed by atoms with Crippen LogP contribution in [0.2, 0.25) is 10.0 Å². The summed E-state index contributed by atoms with van der Waals surface area (Å²) in [6, 6.07) is 5.55. The molecule has 0 aliphatic carbocycles. The molecule has 0 spiro atoms. The molecule has 0 radical (unpaired) electrons. The lowest BCUT2D eigenvalue weighted by Crippen LogP contribution is -2.22. The molecule has 0 aliphatic heterocycles. The fourth-order valence-corrected chi connectivity index (χ4v) is 2.38. The number of methoxy groups -OCH3 is 1. The molecule has 0 unspecified atom stereocenters. The summed E-state index contributed by atoms with van der Waals surface area (Å²) in [5, 5.41) is 2.85. The number of carbonyl (C=O) groups excluding carboxylic acids is 3. The number of nitrogens with two attached hydrogens (primary N) is 1. The molecule has 28 heavy (non-hydrogen) atoms. The Balaban J connectivity index is 1.96. The number of nitrogens with zero attached hydrogens (tertiary/aromatic N) is 1. The SMILES string of the molecule is COc1cc(C(=O)OCC(=O)Nc2ncc(Cl)cc2Cl)ccc1OCC(N)=O. The zero-order valence-electron chi connectivity index (χ0n) is 14.5. The van der Waals surface area contributed by atoms with Crippen LogP contribution in [0.1, 0.15) is 10.4 Å². The number of halogens is 2. The smallest absolute Gasteiger partial charge is 0.338 e. The van der Waals surface area contributed by atoms with Gasteiger partial charge in [-0.1, -0.05) is 23.2 Å². The number of ether oxygens (including phenoxy) is 3. The predicted molar refractivity (Wildman–Crippen MR) is 101 cm³/mol. The van der Waals surface area contributed by atoms with Crippen LogP contribution >= 0.6 is 23.2 Å². The van der Waals surface area contributed by atoms with Crippen LogP contribution in [-0.4, -0.2) is 43.1 Å². The number of hydrogen-bond acceptors (Lipinski definition) is 7. The van der Waals surface area contributed by atoms with E-state index in [1.165, 1.54) is 37.6 Å². The number of hydrogen-bond donors (Lipinski definition) is 2. The molecule has 2 rings (SSSR count). The van der Waals surface area contributed by atoms with E-state index in [1.807, 2.05) is 0 Å². The maximum atomic E-state index is 12.1. The van der Waals surface area contributed by atoms with Gasteiger partial charge in [0.05, 0.1) is 22.7 Å². The third-order valence-corrected chi connectivity index (χ3v) is 3.66.